The van der Waals surface area contributed by atoms with Gasteiger partial charge >= 0.3 is 0 Å². The van der Waals surface area contributed by atoms with Crippen molar-refractivity contribution in [2.45, 2.75) is 79.4 Å². The van der Waals surface area contributed by atoms with Crippen LogP contribution in [0.5, 0.6) is 0 Å². The molecular weight excluding hydrogens is 234 g/mol. The number of nitrogens with one attached hydrogen (secondary N) is 1. The van der Waals surface area contributed by atoms with E-state index in [-0.39, 0.29) is 0 Å². The zero-order valence-corrected chi connectivity index (χ0v) is 14.0. The highest BCUT2D eigenvalue weighted by molar-refractivity contribution is 4.89. The van der Waals surface area contributed by atoms with Crippen LogP contribution in [0.2, 0.25) is 0 Å². The van der Waals surface area contributed by atoms with Gasteiger partial charge in [-0.15, -0.1) is 0 Å². The van der Waals surface area contributed by atoms with Crippen molar-refractivity contribution in [1.29, 1.82) is 0 Å². The van der Waals surface area contributed by atoms with E-state index in [0.29, 0.717) is 17.6 Å². The molecule has 0 aromatic carbocycles. The van der Waals surface area contributed by atoms with E-state index in [1.165, 1.54) is 25.7 Å². The third kappa shape index (κ3) is 5.83. The fraction of sp³-hybridized carbons (Fsp3) is 1.00. The van der Waals surface area contributed by atoms with Gasteiger partial charge in [0.25, 0.3) is 0 Å². The van der Waals surface area contributed by atoms with E-state index in [4.69, 9.17) is 4.74 Å². The SMILES string of the molecule is CCNC1CCC(C(C)(C)C)CC1OCCC(C)C. The van der Waals surface area contributed by atoms with Gasteiger partial charge < -0.3 is 10.1 Å². The second-order valence-corrected chi connectivity index (χ2v) is 7.63. The van der Waals surface area contributed by atoms with Crippen molar-refractivity contribution in [2.24, 2.45) is 17.3 Å². The van der Waals surface area contributed by atoms with Crippen molar-refractivity contribution in [1.82, 2.24) is 5.32 Å². The largest absolute Gasteiger partial charge is 0.377 e. The lowest BCUT2D eigenvalue weighted by Gasteiger charge is -2.42. The minimum absolute atomic E-state index is 0.414. The third-order valence-corrected chi connectivity index (χ3v) is 4.51. The van der Waals surface area contributed by atoms with Crippen LogP contribution in [0.25, 0.3) is 0 Å². The third-order valence-electron chi connectivity index (χ3n) is 4.51. The van der Waals surface area contributed by atoms with Crippen LogP contribution in [0, 0.1) is 17.3 Å². The van der Waals surface area contributed by atoms with Crippen LogP contribution >= 0.6 is 0 Å². The van der Waals surface area contributed by atoms with Crippen LogP contribution in [-0.2, 0) is 4.74 Å². The lowest BCUT2D eigenvalue weighted by atomic mass is 9.70. The van der Waals surface area contributed by atoms with Crippen LogP contribution in [0.1, 0.15) is 67.2 Å². The van der Waals surface area contributed by atoms with Crippen LogP contribution in [0.3, 0.4) is 0 Å². The van der Waals surface area contributed by atoms with E-state index in [2.05, 4.69) is 46.9 Å². The minimum atomic E-state index is 0.414. The molecule has 0 spiro atoms. The van der Waals surface area contributed by atoms with Gasteiger partial charge in [0.05, 0.1) is 6.10 Å². The first-order chi connectivity index (χ1) is 8.84. The van der Waals surface area contributed by atoms with E-state index in [0.717, 1.165) is 25.0 Å². The van der Waals surface area contributed by atoms with Crippen molar-refractivity contribution in [3.8, 4) is 0 Å². The number of ether oxygens (including phenoxy) is 1. The van der Waals surface area contributed by atoms with Gasteiger partial charge in [0, 0.05) is 12.6 Å². The van der Waals surface area contributed by atoms with Crippen molar-refractivity contribution in [3.63, 3.8) is 0 Å². The second kappa shape index (κ2) is 7.64. The highest BCUT2D eigenvalue weighted by Gasteiger charge is 2.35. The molecule has 19 heavy (non-hydrogen) atoms. The Kier molecular flexibility index (Phi) is 6.82. The Hall–Kier alpha value is -0.0800. The Labute approximate surface area is 120 Å². The molecular formula is C17H35NO. The zero-order valence-electron chi connectivity index (χ0n) is 14.0. The molecule has 3 unspecified atom stereocenters. The lowest BCUT2D eigenvalue weighted by Crippen LogP contribution is -2.47. The highest BCUT2D eigenvalue weighted by Crippen LogP contribution is 2.38. The van der Waals surface area contributed by atoms with Gasteiger partial charge in [0.1, 0.15) is 0 Å². The molecule has 0 heterocycles. The van der Waals surface area contributed by atoms with Gasteiger partial charge in [-0.1, -0.05) is 41.5 Å². The molecule has 0 radical (unpaired) electrons. The molecule has 1 rings (SSSR count). The quantitative estimate of drug-likeness (QED) is 0.778. The number of likely N-dealkylation sites (N-methyl/N-ethyl adjacent to an activating group) is 1. The van der Waals surface area contributed by atoms with Crippen LogP contribution in [0.15, 0.2) is 0 Å². The summed E-state index contributed by atoms with van der Waals surface area (Å²) in [6.45, 7) is 15.8. The van der Waals surface area contributed by atoms with E-state index >= 15 is 0 Å². The molecule has 0 aliphatic heterocycles. The monoisotopic (exact) mass is 269 g/mol. The molecule has 0 amide bonds. The molecule has 1 aliphatic carbocycles. The summed E-state index contributed by atoms with van der Waals surface area (Å²) in [4.78, 5) is 0. The maximum Gasteiger partial charge on any atom is 0.0730 e. The first-order valence-corrected chi connectivity index (χ1v) is 8.19. The van der Waals surface area contributed by atoms with Crippen molar-refractivity contribution >= 4 is 0 Å². The predicted octanol–water partition coefficient (Wildman–Crippen LogP) is 4.24. The van der Waals surface area contributed by atoms with Gasteiger partial charge in [-0.2, -0.15) is 0 Å². The normalized spacial score (nSPS) is 28.9. The molecule has 2 nitrogen and oxygen atoms in total. The van der Waals surface area contributed by atoms with Gasteiger partial charge in [0.2, 0.25) is 0 Å². The first kappa shape index (κ1) is 17.0. The van der Waals surface area contributed by atoms with Crippen molar-refractivity contribution in [2.75, 3.05) is 13.2 Å². The summed E-state index contributed by atoms with van der Waals surface area (Å²) in [7, 11) is 0. The van der Waals surface area contributed by atoms with Crippen LogP contribution < -0.4 is 5.32 Å². The molecule has 1 saturated carbocycles. The average Bonchev–Trinajstić information content (AvgIpc) is 2.29. The van der Waals surface area contributed by atoms with Gasteiger partial charge in [0.15, 0.2) is 0 Å². The Balaban J connectivity index is 2.52. The molecule has 0 aromatic heterocycles. The van der Waals surface area contributed by atoms with E-state index in [9.17, 15) is 0 Å². The molecule has 2 heteroatoms. The Morgan fingerprint density at radius 1 is 1.21 bits per heavy atom. The standard InChI is InChI=1S/C17H35NO/c1-7-18-15-9-8-14(17(4,5)6)12-16(15)19-11-10-13(2)3/h13-16,18H,7-12H2,1-6H3. The number of hydrogen-bond acceptors (Lipinski definition) is 2. The van der Waals surface area contributed by atoms with Crippen LogP contribution in [-0.4, -0.2) is 25.3 Å². The molecule has 0 aromatic rings. The predicted molar refractivity (Wildman–Crippen MR) is 83.5 cm³/mol. The lowest BCUT2D eigenvalue weighted by molar-refractivity contribution is -0.0306. The second-order valence-electron chi connectivity index (χ2n) is 7.63. The van der Waals surface area contributed by atoms with Gasteiger partial charge in [-0.3, -0.25) is 0 Å². The molecule has 0 saturated heterocycles. The number of hydrogen-bond donors (Lipinski definition) is 1. The van der Waals surface area contributed by atoms with Crippen LogP contribution in [0.4, 0.5) is 0 Å². The summed E-state index contributed by atoms with van der Waals surface area (Å²) in [6.07, 6.45) is 5.42. The molecule has 114 valence electrons. The Morgan fingerprint density at radius 3 is 2.42 bits per heavy atom. The fourth-order valence-corrected chi connectivity index (χ4v) is 3.05. The smallest absolute Gasteiger partial charge is 0.0730 e. The van der Waals surface area contributed by atoms with Gasteiger partial charge in [-0.05, 0) is 49.5 Å². The van der Waals surface area contributed by atoms with E-state index < -0.39 is 0 Å². The minimum Gasteiger partial charge on any atom is -0.377 e. The maximum absolute atomic E-state index is 6.22. The average molecular weight is 269 g/mol. The summed E-state index contributed by atoms with van der Waals surface area (Å²) in [5.41, 5.74) is 0.414. The topological polar surface area (TPSA) is 21.3 Å². The Bertz CT molecular complexity index is 244. The number of rotatable bonds is 6. The van der Waals surface area contributed by atoms with Gasteiger partial charge in [-0.25, -0.2) is 0 Å². The highest BCUT2D eigenvalue weighted by atomic mass is 16.5. The molecule has 1 fully saturated rings. The first-order valence-electron chi connectivity index (χ1n) is 8.19. The summed E-state index contributed by atoms with van der Waals surface area (Å²) < 4.78 is 6.22. The molecule has 1 aliphatic rings. The Morgan fingerprint density at radius 2 is 1.89 bits per heavy atom. The van der Waals surface area contributed by atoms with E-state index in [1.54, 1.807) is 0 Å². The van der Waals surface area contributed by atoms with Crippen molar-refractivity contribution in [3.05, 3.63) is 0 Å². The molecule has 0 bridgehead atoms. The molecule has 3 atom stereocenters. The summed E-state index contributed by atoms with van der Waals surface area (Å²) >= 11 is 0. The molecule has 1 N–H and O–H groups in total. The summed E-state index contributed by atoms with van der Waals surface area (Å²) in [5.74, 6) is 1.53. The summed E-state index contributed by atoms with van der Waals surface area (Å²) in [6, 6.07) is 0.566. The zero-order chi connectivity index (χ0) is 14.5. The maximum atomic E-state index is 6.22. The van der Waals surface area contributed by atoms with Crippen molar-refractivity contribution < 1.29 is 4.74 Å². The fourth-order valence-electron chi connectivity index (χ4n) is 3.05. The summed E-state index contributed by atoms with van der Waals surface area (Å²) in [5, 5.41) is 3.62. The van der Waals surface area contributed by atoms with E-state index in [1.807, 2.05) is 0 Å².